The number of amides is 2. The lowest BCUT2D eigenvalue weighted by atomic mass is 10.2. The van der Waals surface area contributed by atoms with Crippen molar-refractivity contribution in [3.05, 3.63) is 59.0 Å². The lowest BCUT2D eigenvalue weighted by Gasteiger charge is -2.22. The van der Waals surface area contributed by atoms with E-state index in [9.17, 15) is 9.59 Å². The van der Waals surface area contributed by atoms with Crippen LogP contribution < -0.4 is 5.73 Å². The van der Waals surface area contributed by atoms with E-state index >= 15 is 0 Å². The van der Waals surface area contributed by atoms with E-state index in [4.69, 9.17) is 21.8 Å². The number of carbonyl (C=O) groups excluding carboxylic acids is 2. The molecule has 0 radical (unpaired) electrons. The first kappa shape index (κ1) is 15.1. The fourth-order valence-electron chi connectivity index (χ4n) is 1.92. The average molecular weight is 307 g/mol. The predicted octanol–water partition coefficient (Wildman–Crippen LogP) is 2.45. The highest BCUT2D eigenvalue weighted by atomic mass is 35.5. The molecule has 0 unspecified atom stereocenters. The van der Waals surface area contributed by atoms with Crippen LogP contribution in [-0.4, -0.2) is 23.3 Å². The van der Waals surface area contributed by atoms with Crippen molar-refractivity contribution in [2.45, 2.75) is 13.0 Å². The second kappa shape index (κ2) is 6.95. The van der Waals surface area contributed by atoms with Gasteiger partial charge >= 0.3 is 0 Å². The maximum Gasteiger partial charge on any atom is 0.259 e. The number of benzene rings is 1. The fourth-order valence-corrected chi connectivity index (χ4v) is 2.11. The summed E-state index contributed by atoms with van der Waals surface area (Å²) in [6.07, 6.45) is 1.44. The van der Waals surface area contributed by atoms with Crippen molar-refractivity contribution >= 4 is 23.4 Å². The fraction of sp³-hybridized carbons (Fsp3) is 0.200. The van der Waals surface area contributed by atoms with E-state index in [-0.39, 0.29) is 29.7 Å². The molecule has 6 heteroatoms. The Morgan fingerprint density at radius 2 is 1.90 bits per heavy atom. The summed E-state index contributed by atoms with van der Waals surface area (Å²) >= 11 is 5.84. The van der Waals surface area contributed by atoms with Gasteiger partial charge in [-0.2, -0.15) is 0 Å². The molecule has 1 heterocycles. The number of hydrogen-bond acceptors (Lipinski definition) is 3. The molecule has 1 aromatic carbocycles. The number of nitrogens with two attached hydrogens (primary N) is 1. The lowest BCUT2D eigenvalue weighted by Crippen LogP contribution is -2.33. The summed E-state index contributed by atoms with van der Waals surface area (Å²) in [5.41, 5.74) is 6.39. The summed E-state index contributed by atoms with van der Waals surface area (Å²) in [5, 5.41) is 0.0390. The van der Waals surface area contributed by atoms with Crippen molar-refractivity contribution in [3.63, 3.8) is 0 Å². The highest BCUT2D eigenvalue weighted by Gasteiger charge is 2.21. The molecule has 21 heavy (non-hydrogen) atoms. The van der Waals surface area contributed by atoms with Crippen LogP contribution in [0.4, 0.5) is 0 Å². The van der Waals surface area contributed by atoms with Crippen molar-refractivity contribution in [1.29, 1.82) is 0 Å². The van der Waals surface area contributed by atoms with E-state index in [1.807, 2.05) is 30.3 Å². The summed E-state index contributed by atoms with van der Waals surface area (Å²) in [7, 11) is 0. The Kier molecular flexibility index (Phi) is 5.00. The van der Waals surface area contributed by atoms with E-state index in [1.165, 1.54) is 17.2 Å². The molecule has 0 aliphatic carbocycles. The molecule has 2 aromatic rings. The highest BCUT2D eigenvalue weighted by Crippen LogP contribution is 2.20. The standard InChI is InChI=1S/C15H15ClN2O3/c16-14-12(7-9-21-14)15(20)18(8-6-13(17)19)10-11-4-2-1-3-5-11/h1-5,7,9H,6,8,10H2,(H2,17,19). The van der Waals surface area contributed by atoms with Crippen LogP contribution in [0.2, 0.25) is 5.22 Å². The minimum atomic E-state index is -0.459. The molecule has 0 saturated heterocycles. The van der Waals surface area contributed by atoms with E-state index in [0.29, 0.717) is 6.54 Å². The second-order valence-electron chi connectivity index (χ2n) is 4.54. The van der Waals surface area contributed by atoms with E-state index in [2.05, 4.69) is 0 Å². The molecule has 1 aromatic heterocycles. The molecule has 2 N–H and O–H groups in total. The van der Waals surface area contributed by atoms with Crippen molar-refractivity contribution in [2.24, 2.45) is 5.73 Å². The van der Waals surface area contributed by atoms with Gasteiger partial charge in [0.25, 0.3) is 5.91 Å². The summed E-state index contributed by atoms with van der Waals surface area (Å²) in [6.45, 7) is 0.596. The molecule has 0 saturated carbocycles. The van der Waals surface area contributed by atoms with Gasteiger partial charge in [-0.3, -0.25) is 9.59 Å². The molecule has 0 atom stereocenters. The van der Waals surface area contributed by atoms with Crippen molar-refractivity contribution in [1.82, 2.24) is 4.90 Å². The highest BCUT2D eigenvalue weighted by molar-refractivity contribution is 6.32. The van der Waals surface area contributed by atoms with Gasteiger partial charge in [0.1, 0.15) is 0 Å². The topological polar surface area (TPSA) is 76.5 Å². The largest absolute Gasteiger partial charge is 0.452 e. The normalized spacial score (nSPS) is 10.3. The third-order valence-corrected chi connectivity index (χ3v) is 3.27. The monoisotopic (exact) mass is 306 g/mol. The van der Waals surface area contributed by atoms with Crippen LogP contribution in [-0.2, 0) is 11.3 Å². The predicted molar refractivity (Wildman–Crippen MR) is 78.7 cm³/mol. The molecule has 0 spiro atoms. The number of halogens is 1. The van der Waals surface area contributed by atoms with Gasteiger partial charge in [0.15, 0.2) is 0 Å². The van der Waals surface area contributed by atoms with E-state index in [1.54, 1.807) is 0 Å². The first-order valence-electron chi connectivity index (χ1n) is 6.42. The quantitative estimate of drug-likeness (QED) is 0.890. The average Bonchev–Trinajstić information content (AvgIpc) is 2.90. The van der Waals surface area contributed by atoms with Crippen LogP contribution in [0.1, 0.15) is 22.3 Å². The Balaban J connectivity index is 2.17. The number of nitrogens with zero attached hydrogens (tertiary/aromatic N) is 1. The molecular formula is C15H15ClN2O3. The van der Waals surface area contributed by atoms with Gasteiger partial charge in [-0.1, -0.05) is 30.3 Å². The zero-order valence-corrected chi connectivity index (χ0v) is 12.0. The third-order valence-electron chi connectivity index (χ3n) is 2.98. The first-order chi connectivity index (χ1) is 10.1. The first-order valence-corrected chi connectivity index (χ1v) is 6.80. The van der Waals surface area contributed by atoms with Crippen LogP contribution in [0.15, 0.2) is 47.1 Å². The molecule has 5 nitrogen and oxygen atoms in total. The summed E-state index contributed by atoms with van der Waals surface area (Å²) in [6, 6.07) is 11.0. The van der Waals surface area contributed by atoms with Crippen LogP contribution in [0.5, 0.6) is 0 Å². The van der Waals surface area contributed by atoms with E-state index < -0.39 is 5.91 Å². The van der Waals surface area contributed by atoms with Crippen LogP contribution >= 0.6 is 11.6 Å². The van der Waals surface area contributed by atoms with Crippen LogP contribution in [0.3, 0.4) is 0 Å². The maximum absolute atomic E-state index is 12.5. The van der Waals surface area contributed by atoms with Gasteiger partial charge in [0, 0.05) is 19.5 Å². The molecule has 2 amide bonds. The molecule has 0 aliphatic heterocycles. The maximum atomic E-state index is 12.5. The van der Waals surface area contributed by atoms with Gasteiger partial charge in [-0.15, -0.1) is 0 Å². The molecular weight excluding hydrogens is 292 g/mol. The molecule has 0 aliphatic rings. The minimum Gasteiger partial charge on any atom is -0.452 e. The second-order valence-corrected chi connectivity index (χ2v) is 4.88. The number of furan rings is 1. The summed E-state index contributed by atoms with van der Waals surface area (Å²) in [5.74, 6) is -0.752. The lowest BCUT2D eigenvalue weighted by molar-refractivity contribution is -0.118. The molecule has 2 rings (SSSR count). The van der Waals surface area contributed by atoms with Gasteiger partial charge in [0.05, 0.1) is 11.8 Å². The van der Waals surface area contributed by atoms with Crippen LogP contribution in [0.25, 0.3) is 0 Å². The molecule has 0 fully saturated rings. The summed E-state index contributed by atoms with van der Waals surface area (Å²) in [4.78, 5) is 25.0. The Hall–Kier alpha value is -2.27. The number of rotatable bonds is 6. The Labute approximate surface area is 127 Å². The summed E-state index contributed by atoms with van der Waals surface area (Å²) < 4.78 is 4.94. The van der Waals surface area contributed by atoms with E-state index in [0.717, 1.165) is 5.56 Å². The van der Waals surface area contributed by atoms with Gasteiger partial charge in [-0.25, -0.2) is 0 Å². The zero-order valence-electron chi connectivity index (χ0n) is 11.3. The Morgan fingerprint density at radius 1 is 1.19 bits per heavy atom. The molecule has 0 bridgehead atoms. The SMILES string of the molecule is NC(=O)CCN(Cc1ccccc1)C(=O)c1ccoc1Cl. The van der Waals surface area contributed by atoms with Crippen molar-refractivity contribution in [2.75, 3.05) is 6.54 Å². The van der Waals surface area contributed by atoms with Crippen molar-refractivity contribution < 1.29 is 14.0 Å². The number of primary amides is 1. The Bertz CT molecular complexity index is 625. The van der Waals surface area contributed by atoms with Crippen molar-refractivity contribution in [3.8, 4) is 0 Å². The van der Waals surface area contributed by atoms with Gasteiger partial charge < -0.3 is 15.1 Å². The zero-order chi connectivity index (χ0) is 15.2. The van der Waals surface area contributed by atoms with Crippen LogP contribution in [0, 0.1) is 0 Å². The Morgan fingerprint density at radius 3 is 2.48 bits per heavy atom. The third kappa shape index (κ3) is 4.10. The number of hydrogen-bond donors (Lipinski definition) is 1. The van der Waals surface area contributed by atoms with Gasteiger partial charge in [-0.05, 0) is 23.2 Å². The molecule has 110 valence electrons. The van der Waals surface area contributed by atoms with Gasteiger partial charge in [0.2, 0.25) is 11.1 Å². The number of carbonyl (C=O) groups is 2. The smallest absolute Gasteiger partial charge is 0.259 e. The minimum absolute atomic E-state index is 0.0390.